The molecule has 0 radical (unpaired) electrons. The van der Waals surface area contributed by atoms with Crippen LogP contribution in [0.1, 0.15) is 50.4 Å². The summed E-state index contributed by atoms with van der Waals surface area (Å²) in [4.78, 5) is 0. The van der Waals surface area contributed by atoms with Gasteiger partial charge in [-0.3, -0.25) is 11.3 Å². The molecule has 0 spiro atoms. The highest BCUT2D eigenvalue weighted by atomic mass is 16.5. The molecule has 0 saturated heterocycles. The monoisotopic (exact) mass is 276 g/mol. The van der Waals surface area contributed by atoms with E-state index >= 15 is 0 Å². The maximum absolute atomic E-state index is 5.91. The van der Waals surface area contributed by atoms with Crippen LogP contribution in [0.15, 0.2) is 12.1 Å². The second-order valence-corrected chi connectivity index (χ2v) is 7.26. The number of methoxy groups -OCH3 is 1. The highest BCUT2D eigenvalue weighted by Crippen LogP contribution is 2.72. The zero-order valence-electron chi connectivity index (χ0n) is 13.8. The lowest BCUT2D eigenvalue weighted by Crippen LogP contribution is -2.32. The van der Waals surface area contributed by atoms with Gasteiger partial charge in [-0.25, -0.2) is 0 Å². The smallest absolute Gasteiger partial charge is 0.124 e. The van der Waals surface area contributed by atoms with E-state index < -0.39 is 0 Å². The van der Waals surface area contributed by atoms with Gasteiger partial charge in [0.1, 0.15) is 5.75 Å². The van der Waals surface area contributed by atoms with Gasteiger partial charge in [-0.2, -0.15) is 0 Å². The summed E-state index contributed by atoms with van der Waals surface area (Å²) in [7, 11) is 1.73. The van der Waals surface area contributed by atoms with E-state index in [1.54, 1.807) is 7.11 Å². The molecule has 0 aliphatic heterocycles. The fourth-order valence-corrected chi connectivity index (χ4v) is 3.93. The first-order chi connectivity index (χ1) is 9.18. The van der Waals surface area contributed by atoms with E-state index in [1.165, 1.54) is 16.7 Å². The highest BCUT2D eigenvalue weighted by Gasteiger charge is 2.67. The number of ether oxygens (including phenoxy) is 1. The Morgan fingerprint density at radius 3 is 2.10 bits per heavy atom. The van der Waals surface area contributed by atoms with Crippen molar-refractivity contribution in [1.82, 2.24) is 5.43 Å². The second kappa shape index (κ2) is 4.74. The average molecular weight is 276 g/mol. The molecule has 0 bridgehead atoms. The van der Waals surface area contributed by atoms with E-state index in [1.807, 2.05) is 0 Å². The maximum Gasteiger partial charge on any atom is 0.124 e. The van der Waals surface area contributed by atoms with Crippen molar-refractivity contribution in [1.29, 1.82) is 0 Å². The van der Waals surface area contributed by atoms with Crippen molar-refractivity contribution in [2.75, 3.05) is 7.11 Å². The third kappa shape index (κ3) is 2.04. The minimum atomic E-state index is 0.121. The van der Waals surface area contributed by atoms with E-state index in [0.29, 0.717) is 5.92 Å². The van der Waals surface area contributed by atoms with Gasteiger partial charge in [-0.05, 0) is 47.8 Å². The van der Waals surface area contributed by atoms with Gasteiger partial charge in [0.05, 0.1) is 13.2 Å². The largest absolute Gasteiger partial charge is 0.496 e. The molecule has 1 aliphatic rings. The molecule has 0 heterocycles. The van der Waals surface area contributed by atoms with Crippen LogP contribution in [-0.2, 0) is 0 Å². The van der Waals surface area contributed by atoms with Crippen molar-refractivity contribution >= 4 is 0 Å². The van der Waals surface area contributed by atoms with Crippen LogP contribution in [0.5, 0.6) is 5.75 Å². The molecule has 0 aromatic heterocycles. The minimum Gasteiger partial charge on any atom is -0.496 e. The predicted octanol–water partition coefficient (Wildman–Crippen LogP) is 3.50. The highest BCUT2D eigenvalue weighted by molar-refractivity contribution is 5.46. The van der Waals surface area contributed by atoms with Crippen molar-refractivity contribution in [2.24, 2.45) is 22.6 Å². The van der Waals surface area contributed by atoms with Crippen molar-refractivity contribution < 1.29 is 4.74 Å². The van der Waals surface area contributed by atoms with Gasteiger partial charge < -0.3 is 4.74 Å². The van der Waals surface area contributed by atoms with Gasteiger partial charge in [0.2, 0.25) is 0 Å². The molecule has 1 atom stereocenters. The molecule has 1 aromatic carbocycles. The number of hydrazine groups is 1. The maximum atomic E-state index is 5.91. The van der Waals surface area contributed by atoms with Crippen LogP contribution >= 0.6 is 0 Å². The summed E-state index contributed by atoms with van der Waals surface area (Å²) in [6.45, 7) is 13.5. The Kier molecular flexibility index (Phi) is 3.64. The molecule has 0 amide bonds. The fourth-order valence-electron chi connectivity index (χ4n) is 3.93. The molecule has 1 unspecified atom stereocenters. The molecule has 3 N–H and O–H groups in total. The number of nitrogens with one attached hydrogen (secondary N) is 1. The molecule has 3 nitrogen and oxygen atoms in total. The first-order valence-corrected chi connectivity index (χ1v) is 7.29. The number of benzene rings is 1. The Morgan fingerprint density at radius 2 is 1.70 bits per heavy atom. The third-order valence-corrected chi connectivity index (χ3v) is 5.67. The van der Waals surface area contributed by atoms with Crippen LogP contribution in [0.2, 0.25) is 0 Å². The first kappa shape index (κ1) is 15.3. The first-order valence-electron chi connectivity index (χ1n) is 7.29. The van der Waals surface area contributed by atoms with E-state index in [9.17, 15) is 0 Å². The number of hydrogen-bond donors (Lipinski definition) is 2. The minimum absolute atomic E-state index is 0.121. The zero-order chi connectivity index (χ0) is 15.3. The molecule has 1 aromatic rings. The summed E-state index contributed by atoms with van der Waals surface area (Å²) in [5, 5.41) is 0. The van der Waals surface area contributed by atoms with Crippen LogP contribution in [-0.4, -0.2) is 7.11 Å². The van der Waals surface area contributed by atoms with Crippen molar-refractivity contribution in [3.05, 3.63) is 28.8 Å². The van der Waals surface area contributed by atoms with Crippen molar-refractivity contribution in [2.45, 2.75) is 47.6 Å². The van der Waals surface area contributed by atoms with Gasteiger partial charge in [0.15, 0.2) is 0 Å². The summed E-state index contributed by atoms with van der Waals surface area (Å²) in [5.74, 6) is 7.34. The van der Waals surface area contributed by atoms with E-state index in [0.717, 1.165) is 5.75 Å². The Morgan fingerprint density at radius 1 is 1.15 bits per heavy atom. The summed E-state index contributed by atoms with van der Waals surface area (Å²) in [6.07, 6.45) is 0. The molecule has 2 rings (SSSR count). The molecule has 20 heavy (non-hydrogen) atoms. The van der Waals surface area contributed by atoms with Gasteiger partial charge in [0.25, 0.3) is 0 Å². The predicted molar refractivity (Wildman–Crippen MR) is 83.6 cm³/mol. The fraction of sp³-hybridized carbons (Fsp3) is 0.647. The van der Waals surface area contributed by atoms with E-state index in [4.69, 9.17) is 10.6 Å². The van der Waals surface area contributed by atoms with Gasteiger partial charge in [-0.1, -0.05) is 33.8 Å². The van der Waals surface area contributed by atoms with E-state index in [-0.39, 0.29) is 16.9 Å². The van der Waals surface area contributed by atoms with Crippen LogP contribution in [0.3, 0.4) is 0 Å². The second-order valence-electron chi connectivity index (χ2n) is 7.26. The molecule has 112 valence electrons. The molecule has 1 aliphatic carbocycles. The topological polar surface area (TPSA) is 47.3 Å². The average Bonchev–Trinajstić information content (AvgIpc) is 2.74. The standard InChI is InChI=1S/C17H28N2O/c1-10-8-11(2)13(12(9-10)20-7)14(19-18)15-16(3,4)17(15,5)6/h8-9,14-15,19H,18H2,1-7H3. The van der Waals surface area contributed by atoms with Gasteiger partial charge >= 0.3 is 0 Å². The van der Waals surface area contributed by atoms with E-state index in [2.05, 4.69) is 59.1 Å². The van der Waals surface area contributed by atoms with Crippen LogP contribution in [0, 0.1) is 30.6 Å². The molecule has 3 heteroatoms. The lowest BCUT2D eigenvalue weighted by molar-refractivity contribution is 0.371. The normalized spacial score (nSPS) is 21.6. The Bertz CT molecular complexity index is 506. The summed E-state index contributed by atoms with van der Waals surface area (Å²) in [6, 6.07) is 4.41. The van der Waals surface area contributed by atoms with Gasteiger partial charge in [-0.15, -0.1) is 0 Å². The van der Waals surface area contributed by atoms with Crippen molar-refractivity contribution in [3.63, 3.8) is 0 Å². The zero-order valence-corrected chi connectivity index (χ0v) is 13.8. The van der Waals surface area contributed by atoms with Gasteiger partial charge in [0, 0.05) is 5.56 Å². The molecule has 1 fully saturated rings. The Labute approximate surface area is 122 Å². The Hall–Kier alpha value is -1.06. The lowest BCUT2D eigenvalue weighted by Gasteiger charge is -2.24. The lowest BCUT2D eigenvalue weighted by atomic mass is 9.91. The van der Waals surface area contributed by atoms with Crippen LogP contribution in [0.25, 0.3) is 0 Å². The Balaban J connectivity index is 2.50. The van der Waals surface area contributed by atoms with Crippen LogP contribution < -0.4 is 16.0 Å². The van der Waals surface area contributed by atoms with Crippen molar-refractivity contribution in [3.8, 4) is 5.75 Å². The number of aryl methyl sites for hydroxylation is 2. The quantitative estimate of drug-likeness (QED) is 0.653. The number of nitrogens with two attached hydrogens (primary N) is 1. The number of rotatable bonds is 4. The summed E-state index contributed by atoms with van der Waals surface area (Å²) >= 11 is 0. The molecule has 1 saturated carbocycles. The summed E-state index contributed by atoms with van der Waals surface area (Å²) in [5.41, 5.74) is 7.24. The summed E-state index contributed by atoms with van der Waals surface area (Å²) < 4.78 is 5.61. The molecular weight excluding hydrogens is 248 g/mol. The number of hydrogen-bond acceptors (Lipinski definition) is 3. The SMILES string of the molecule is COc1cc(C)cc(C)c1C(NN)C1C(C)(C)C1(C)C. The third-order valence-electron chi connectivity index (χ3n) is 5.67. The van der Waals surface area contributed by atoms with Crippen LogP contribution in [0.4, 0.5) is 0 Å². The molecular formula is C17H28N2O.